The van der Waals surface area contributed by atoms with E-state index >= 15 is 0 Å². The van der Waals surface area contributed by atoms with E-state index in [1.165, 1.54) is 6.07 Å². The molecule has 0 saturated carbocycles. The van der Waals surface area contributed by atoms with Gasteiger partial charge in [0.05, 0.1) is 4.92 Å². The molecule has 1 aromatic rings. The molecule has 0 aromatic heterocycles. The highest BCUT2D eigenvalue weighted by Crippen LogP contribution is 2.36. The van der Waals surface area contributed by atoms with Crippen molar-refractivity contribution < 1.29 is 10.0 Å². The number of nitrogens with zero attached hydrogens (tertiary/aromatic N) is 1. The summed E-state index contributed by atoms with van der Waals surface area (Å²) in [7, 11) is 0. The second-order valence-electron chi connectivity index (χ2n) is 3.49. The number of aromatic hydroxyl groups is 1. The average molecular weight is 209 g/mol. The van der Waals surface area contributed by atoms with Crippen LogP contribution < -0.4 is 0 Å². The summed E-state index contributed by atoms with van der Waals surface area (Å²) >= 11 is 0. The van der Waals surface area contributed by atoms with Gasteiger partial charge in [-0.3, -0.25) is 10.1 Å². The van der Waals surface area contributed by atoms with E-state index in [2.05, 4.69) is 0 Å². The van der Waals surface area contributed by atoms with E-state index in [0.717, 1.165) is 12.8 Å². The molecule has 4 nitrogen and oxygen atoms in total. The number of phenolic OH excluding ortho intramolecular Hbond substituents is 1. The summed E-state index contributed by atoms with van der Waals surface area (Å²) in [4.78, 5) is 10.1. The van der Waals surface area contributed by atoms with Gasteiger partial charge in [0.25, 0.3) is 0 Å². The Labute approximate surface area is 88.7 Å². The van der Waals surface area contributed by atoms with E-state index in [1.807, 2.05) is 13.8 Å². The molecule has 1 rings (SSSR count). The van der Waals surface area contributed by atoms with E-state index in [9.17, 15) is 15.2 Å². The smallest absolute Gasteiger partial charge is 0.310 e. The topological polar surface area (TPSA) is 63.4 Å². The van der Waals surface area contributed by atoms with Gasteiger partial charge in [-0.2, -0.15) is 0 Å². The third-order valence-corrected chi connectivity index (χ3v) is 2.67. The molecular formula is C11H15NO3. The monoisotopic (exact) mass is 209 g/mol. The first-order chi connectivity index (χ1) is 7.11. The summed E-state index contributed by atoms with van der Waals surface area (Å²) in [5.74, 6) is 0.00102. The third-order valence-electron chi connectivity index (χ3n) is 2.67. The second kappa shape index (κ2) is 4.77. The number of nitro benzene ring substituents is 1. The fourth-order valence-corrected chi connectivity index (χ4v) is 1.75. The summed E-state index contributed by atoms with van der Waals surface area (Å²) in [6, 6.07) is 4.69. The Balaban J connectivity index is 3.19. The van der Waals surface area contributed by atoms with Crippen LogP contribution in [0.3, 0.4) is 0 Å². The fraction of sp³-hybridized carbons (Fsp3) is 0.455. The molecule has 15 heavy (non-hydrogen) atoms. The molecule has 1 N–H and O–H groups in total. The van der Waals surface area contributed by atoms with E-state index in [0.29, 0.717) is 5.56 Å². The van der Waals surface area contributed by atoms with Crippen LogP contribution in [-0.4, -0.2) is 10.0 Å². The molecule has 0 amide bonds. The van der Waals surface area contributed by atoms with Gasteiger partial charge in [0.2, 0.25) is 0 Å². The highest BCUT2D eigenvalue weighted by atomic mass is 16.6. The van der Waals surface area contributed by atoms with Crippen molar-refractivity contribution in [2.45, 2.75) is 32.6 Å². The molecule has 0 heterocycles. The molecule has 0 saturated heterocycles. The van der Waals surface area contributed by atoms with Crippen molar-refractivity contribution in [3.63, 3.8) is 0 Å². The van der Waals surface area contributed by atoms with Crippen molar-refractivity contribution in [3.05, 3.63) is 33.9 Å². The van der Waals surface area contributed by atoms with Crippen molar-refractivity contribution in [2.24, 2.45) is 0 Å². The van der Waals surface area contributed by atoms with Crippen molar-refractivity contribution in [3.8, 4) is 5.75 Å². The minimum Gasteiger partial charge on any atom is -0.502 e. The zero-order valence-corrected chi connectivity index (χ0v) is 8.93. The van der Waals surface area contributed by atoms with Gasteiger partial charge in [-0.1, -0.05) is 26.0 Å². The molecule has 0 unspecified atom stereocenters. The van der Waals surface area contributed by atoms with Crippen LogP contribution in [0, 0.1) is 10.1 Å². The van der Waals surface area contributed by atoms with Gasteiger partial charge in [-0.05, 0) is 18.8 Å². The number of para-hydroxylation sites is 1. The summed E-state index contributed by atoms with van der Waals surface area (Å²) in [5.41, 5.74) is 0.466. The molecule has 0 radical (unpaired) electrons. The standard InChI is InChI=1S/C11H15NO3/c1-3-8(4-2)9-6-5-7-10(11(9)13)12(14)15/h5-8,13H,3-4H2,1-2H3. The van der Waals surface area contributed by atoms with Gasteiger partial charge in [0, 0.05) is 11.6 Å². The maximum absolute atomic E-state index is 10.6. The van der Waals surface area contributed by atoms with Crippen LogP contribution in [-0.2, 0) is 0 Å². The number of phenols is 1. The lowest BCUT2D eigenvalue weighted by molar-refractivity contribution is -0.386. The van der Waals surface area contributed by atoms with Gasteiger partial charge in [-0.15, -0.1) is 0 Å². The molecule has 0 aliphatic carbocycles. The van der Waals surface area contributed by atoms with E-state index in [-0.39, 0.29) is 17.4 Å². The van der Waals surface area contributed by atoms with Crippen molar-refractivity contribution in [1.29, 1.82) is 0 Å². The summed E-state index contributed by atoms with van der Waals surface area (Å²) in [6.45, 7) is 4.01. The normalized spacial score (nSPS) is 10.6. The lowest BCUT2D eigenvalue weighted by Gasteiger charge is -2.13. The Morgan fingerprint density at radius 2 is 2.00 bits per heavy atom. The van der Waals surface area contributed by atoms with Crippen LogP contribution in [0.15, 0.2) is 18.2 Å². The zero-order chi connectivity index (χ0) is 11.4. The Morgan fingerprint density at radius 3 is 2.47 bits per heavy atom. The van der Waals surface area contributed by atoms with Crippen molar-refractivity contribution in [2.75, 3.05) is 0 Å². The summed E-state index contributed by atoms with van der Waals surface area (Å²) in [5, 5.41) is 20.4. The molecule has 0 fully saturated rings. The minimum absolute atomic E-state index is 0.184. The first-order valence-electron chi connectivity index (χ1n) is 5.08. The zero-order valence-electron chi connectivity index (χ0n) is 8.93. The van der Waals surface area contributed by atoms with Crippen LogP contribution in [0.4, 0.5) is 5.69 Å². The molecular weight excluding hydrogens is 194 g/mol. The Kier molecular flexibility index (Phi) is 3.66. The van der Waals surface area contributed by atoms with Crippen molar-refractivity contribution in [1.82, 2.24) is 0 Å². The van der Waals surface area contributed by atoms with Crippen LogP contribution in [0.2, 0.25) is 0 Å². The molecule has 4 heteroatoms. The fourth-order valence-electron chi connectivity index (χ4n) is 1.75. The first kappa shape index (κ1) is 11.5. The third kappa shape index (κ3) is 2.26. The average Bonchev–Trinajstić information content (AvgIpc) is 2.21. The highest BCUT2D eigenvalue weighted by molar-refractivity contribution is 5.51. The van der Waals surface area contributed by atoms with Crippen molar-refractivity contribution >= 4 is 5.69 Å². The van der Waals surface area contributed by atoms with Gasteiger partial charge in [-0.25, -0.2) is 0 Å². The van der Waals surface area contributed by atoms with E-state index < -0.39 is 4.92 Å². The highest BCUT2D eigenvalue weighted by Gasteiger charge is 2.20. The quantitative estimate of drug-likeness (QED) is 0.611. The Morgan fingerprint density at radius 1 is 1.40 bits per heavy atom. The summed E-state index contributed by atoms with van der Waals surface area (Å²) in [6.07, 6.45) is 1.73. The van der Waals surface area contributed by atoms with Gasteiger partial charge >= 0.3 is 5.69 Å². The van der Waals surface area contributed by atoms with Crippen LogP contribution in [0.5, 0.6) is 5.75 Å². The predicted molar refractivity (Wildman–Crippen MR) is 58.1 cm³/mol. The molecule has 0 bridgehead atoms. The Bertz CT molecular complexity index is 359. The van der Waals surface area contributed by atoms with Gasteiger partial charge in [0.15, 0.2) is 5.75 Å². The lowest BCUT2D eigenvalue weighted by Crippen LogP contribution is -1.98. The number of rotatable bonds is 4. The van der Waals surface area contributed by atoms with Crippen LogP contribution in [0.1, 0.15) is 38.2 Å². The number of hydrogen-bond acceptors (Lipinski definition) is 3. The Hall–Kier alpha value is -1.58. The van der Waals surface area contributed by atoms with Crippen LogP contribution in [0.25, 0.3) is 0 Å². The number of benzene rings is 1. The second-order valence-corrected chi connectivity index (χ2v) is 3.49. The molecule has 0 atom stereocenters. The molecule has 0 spiro atoms. The SMILES string of the molecule is CCC(CC)c1cccc([N+](=O)[O-])c1O. The van der Waals surface area contributed by atoms with E-state index in [1.54, 1.807) is 12.1 Å². The van der Waals surface area contributed by atoms with Gasteiger partial charge < -0.3 is 5.11 Å². The number of hydrogen-bond donors (Lipinski definition) is 1. The maximum atomic E-state index is 10.6. The predicted octanol–water partition coefficient (Wildman–Crippen LogP) is 3.20. The molecule has 0 aliphatic heterocycles. The maximum Gasteiger partial charge on any atom is 0.310 e. The summed E-state index contributed by atoms with van der Waals surface area (Å²) < 4.78 is 0. The lowest BCUT2D eigenvalue weighted by atomic mass is 9.93. The van der Waals surface area contributed by atoms with E-state index in [4.69, 9.17) is 0 Å². The number of nitro groups is 1. The minimum atomic E-state index is -0.554. The molecule has 82 valence electrons. The largest absolute Gasteiger partial charge is 0.502 e. The first-order valence-corrected chi connectivity index (χ1v) is 5.08. The molecule has 0 aliphatic rings. The molecule has 1 aromatic carbocycles. The van der Waals surface area contributed by atoms with Gasteiger partial charge in [0.1, 0.15) is 0 Å². The van der Waals surface area contributed by atoms with Crippen LogP contribution >= 0.6 is 0 Å².